The number of aromatic hydroxyl groups is 2. The summed E-state index contributed by atoms with van der Waals surface area (Å²) in [4.78, 5) is 13.4. The minimum atomic E-state index is -2.02. The predicted molar refractivity (Wildman–Crippen MR) is 170 cm³/mol. The molecule has 3 fully saturated rings. The maximum Gasteiger partial charge on any atom is 0.229 e. The Morgan fingerprint density at radius 3 is 1.98 bits per heavy atom. The van der Waals surface area contributed by atoms with Crippen molar-refractivity contribution in [1.29, 1.82) is 0 Å². The number of phenols is 2. The molecule has 19 heteroatoms. The molecule has 1 aromatic heterocycles. The van der Waals surface area contributed by atoms with E-state index in [1.54, 1.807) is 0 Å². The number of fused-ring (bicyclic) bond motifs is 1. The molecule has 0 saturated carbocycles. The van der Waals surface area contributed by atoms with Crippen molar-refractivity contribution in [3.63, 3.8) is 0 Å². The lowest BCUT2D eigenvalue weighted by Crippen LogP contribution is -2.61. The third-order valence-electron chi connectivity index (χ3n) is 9.46. The second-order valence-electron chi connectivity index (χ2n) is 12.9. The van der Waals surface area contributed by atoms with Crippen molar-refractivity contribution in [2.75, 3.05) is 13.2 Å². The van der Waals surface area contributed by atoms with Crippen LogP contribution in [0.5, 0.6) is 17.2 Å². The van der Waals surface area contributed by atoms with Gasteiger partial charge in [0, 0.05) is 17.7 Å². The summed E-state index contributed by atoms with van der Waals surface area (Å²) in [5, 5.41) is 125. The van der Waals surface area contributed by atoms with Crippen LogP contribution in [0.4, 0.5) is 0 Å². The zero-order chi connectivity index (χ0) is 37.8. The maximum absolute atomic E-state index is 13.4. The minimum absolute atomic E-state index is 0.0994. The molecule has 0 bridgehead atoms. The van der Waals surface area contributed by atoms with Gasteiger partial charge in [-0.05, 0) is 31.2 Å². The van der Waals surface area contributed by atoms with Crippen LogP contribution in [-0.2, 0) is 18.9 Å². The van der Waals surface area contributed by atoms with E-state index in [2.05, 4.69) is 0 Å². The smallest absolute Gasteiger partial charge is 0.229 e. The molecule has 3 aliphatic rings. The van der Waals surface area contributed by atoms with Crippen LogP contribution in [0, 0.1) is 0 Å². The predicted octanol–water partition coefficient (Wildman–Crippen LogP) is -3.58. The van der Waals surface area contributed by atoms with Gasteiger partial charge in [-0.2, -0.15) is 0 Å². The highest BCUT2D eigenvalue weighted by Gasteiger charge is 2.50. The monoisotopic (exact) mass is 740 g/mol. The number of aliphatic hydroxyl groups excluding tert-OH is 10. The Morgan fingerprint density at radius 2 is 1.31 bits per heavy atom. The van der Waals surface area contributed by atoms with Gasteiger partial charge in [0.1, 0.15) is 102 Å². The second kappa shape index (κ2) is 15.1. The molecule has 0 amide bonds. The molecule has 0 spiro atoms. The highest BCUT2D eigenvalue weighted by molar-refractivity contribution is 5.89. The Bertz CT molecular complexity index is 1760. The van der Waals surface area contributed by atoms with Gasteiger partial charge >= 0.3 is 0 Å². The van der Waals surface area contributed by atoms with E-state index in [9.17, 15) is 66.1 Å². The van der Waals surface area contributed by atoms with E-state index in [0.29, 0.717) is 0 Å². The first-order valence-electron chi connectivity index (χ1n) is 16.2. The molecule has 0 aliphatic carbocycles. The molecule has 4 heterocycles. The van der Waals surface area contributed by atoms with Gasteiger partial charge in [-0.15, -0.1) is 0 Å². The topological polar surface area (TPSA) is 319 Å². The van der Waals surface area contributed by atoms with Crippen molar-refractivity contribution in [3.8, 4) is 28.6 Å². The quantitative estimate of drug-likeness (QED) is 0.106. The summed E-state index contributed by atoms with van der Waals surface area (Å²) in [6.07, 6.45) is -25.5. The van der Waals surface area contributed by atoms with Gasteiger partial charge < -0.3 is 89.4 Å². The lowest BCUT2D eigenvalue weighted by molar-refractivity contribution is -0.318. The van der Waals surface area contributed by atoms with Crippen LogP contribution in [0.3, 0.4) is 0 Å². The van der Waals surface area contributed by atoms with Gasteiger partial charge in [0.25, 0.3) is 0 Å². The fourth-order valence-corrected chi connectivity index (χ4v) is 6.40. The lowest BCUT2D eigenvalue weighted by Gasteiger charge is -2.43. The molecular weight excluding hydrogens is 700 g/mol. The van der Waals surface area contributed by atoms with E-state index in [-0.39, 0.29) is 22.6 Å². The molecule has 3 saturated heterocycles. The Morgan fingerprint density at radius 1 is 0.692 bits per heavy atom. The Kier molecular flexibility index (Phi) is 11.1. The van der Waals surface area contributed by atoms with Crippen LogP contribution < -0.4 is 10.2 Å². The number of hydrogen-bond acceptors (Lipinski definition) is 19. The first kappa shape index (κ1) is 38.2. The van der Waals surface area contributed by atoms with Gasteiger partial charge in [-0.3, -0.25) is 4.79 Å². The van der Waals surface area contributed by atoms with Crippen LogP contribution in [0.2, 0.25) is 0 Å². The Labute approximate surface area is 293 Å². The molecule has 2 aromatic carbocycles. The average Bonchev–Trinajstić information content (AvgIpc) is 3.12. The Hall–Kier alpha value is -3.51. The summed E-state index contributed by atoms with van der Waals surface area (Å²) >= 11 is 0. The molecule has 0 radical (unpaired) electrons. The summed E-state index contributed by atoms with van der Waals surface area (Å²) in [5.41, 5.74) is -1.38. The van der Waals surface area contributed by atoms with Crippen LogP contribution in [0.15, 0.2) is 45.6 Å². The molecule has 3 aromatic rings. The number of phenolic OH excluding ortho intramolecular Hbond substituents is 2. The van der Waals surface area contributed by atoms with E-state index in [1.807, 2.05) is 0 Å². The van der Waals surface area contributed by atoms with E-state index in [4.69, 9.17) is 28.1 Å². The number of ether oxygens (including phenoxy) is 5. The van der Waals surface area contributed by atoms with Gasteiger partial charge in [-0.1, -0.05) is 0 Å². The van der Waals surface area contributed by atoms with Crippen LogP contribution in [0.25, 0.3) is 22.3 Å². The molecule has 19 nitrogen and oxygen atoms in total. The summed E-state index contributed by atoms with van der Waals surface area (Å²) in [7, 11) is 0. The summed E-state index contributed by atoms with van der Waals surface area (Å²) in [6, 6.07) is 7.35. The first-order chi connectivity index (χ1) is 24.6. The van der Waals surface area contributed by atoms with E-state index < -0.39 is 133 Å². The number of rotatable bonds is 8. The van der Waals surface area contributed by atoms with E-state index in [0.717, 1.165) is 12.1 Å². The fourth-order valence-electron chi connectivity index (χ4n) is 6.40. The van der Waals surface area contributed by atoms with Crippen molar-refractivity contribution in [3.05, 3.63) is 52.2 Å². The molecule has 15 unspecified atom stereocenters. The highest BCUT2D eigenvalue weighted by Crippen LogP contribution is 2.45. The van der Waals surface area contributed by atoms with Crippen LogP contribution in [-0.4, -0.2) is 160 Å². The first-order valence-corrected chi connectivity index (χ1v) is 16.2. The van der Waals surface area contributed by atoms with Crippen LogP contribution >= 0.6 is 0 Å². The normalized spacial score (nSPS) is 38.3. The summed E-state index contributed by atoms with van der Waals surface area (Å²) in [5.74, 6) is -1.47. The average molecular weight is 741 g/mol. The van der Waals surface area contributed by atoms with Crippen molar-refractivity contribution in [2.24, 2.45) is 0 Å². The van der Waals surface area contributed by atoms with Gasteiger partial charge in [0.05, 0.1) is 24.9 Å². The molecule has 52 heavy (non-hydrogen) atoms. The highest BCUT2D eigenvalue weighted by atomic mass is 16.7. The van der Waals surface area contributed by atoms with Gasteiger partial charge in [-0.25, -0.2) is 0 Å². The molecule has 12 N–H and O–H groups in total. The summed E-state index contributed by atoms with van der Waals surface area (Å²) in [6.45, 7) is -0.0793. The fraction of sp³-hybridized carbons (Fsp3) is 0.545. The third-order valence-corrected chi connectivity index (χ3v) is 9.46. The van der Waals surface area contributed by atoms with Crippen LogP contribution in [0.1, 0.15) is 18.6 Å². The number of aliphatic hydroxyl groups is 10. The molecular formula is C33H40O19. The maximum atomic E-state index is 13.4. The standard InChI is InChI=1S/C33H40O19/c1-10-21(38)24(41)28(45)32(48-10)47-9-18-23(40)26(43)29(46)33(52-18)51-16-7-14(37)19-13(36)6-15(11-2-4-12(35)5-3-11)49-30(19)20(16)31-27(44)25(42)22(39)17(8-34)50-31/h2-7,10,17-18,21-29,31-35,37-46H,8-9H2,1H3. The lowest BCUT2D eigenvalue weighted by atomic mass is 9.89. The molecule has 286 valence electrons. The molecule has 3 aliphatic heterocycles. The van der Waals surface area contributed by atoms with E-state index in [1.165, 1.54) is 31.2 Å². The van der Waals surface area contributed by atoms with Crippen molar-refractivity contribution < 1.29 is 89.4 Å². The third kappa shape index (κ3) is 6.97. The molecule has 15 atom stereocenters. The largest absolute Gasteiger partial charge is 0.508 e. The van der Waals surface area contributed by atoms with Gasteiger partial charge in [0.15, 0.2) is 17.3 Å². The van der Waals surface area contributed by atoms with Gasteiger partial charge in [0.2, 0.25) is 6.29 Å². The number of benzene rings is 2. The molecule has 6 rings (SSSR count). The van der Waals surface area contributed by atoms with Crippen molar-refractivity contribution in [1.82, 2.24) is 0 Å². The zero-order valence-corrected chi connectivity index (χ0v) is 27.3. The second-order valence-corrected chi connectivity index (χ2v) is 12.9. The Balaban J connectivity index is 1.40. The SMILES string of the molecule is CC1OC(OCC2OC(Oc3cc(O)c4c(=O)cc(-c5ccc(O)cc5)oc4c3C3OC(CO)C(O)C(O)C3O)C(O)C(O)C2O)C(O)C(O)C1O. The van der Waals surface area contributed by atoms with E-state index >= 15 is 0 Å². The zero-order valence-electron chi connectivity index (χ0n) is 27.3. The number of hydrogen-bond donors (Lipinski definition) is 12. The van der Waals surface area contributed by atoms with Crippen molar-refractivity contribution in [2.45, 2.75) is 98.9 Å². The summed E-state index contributed by atoms with van der Waals surface area (Å²) < 4.78 is 34.4. The van der Waals surface area contributed by atoms with Crippen molar-refractivity contribution >= 4 is 11.0 Å². The minimum Gasteiger partial charge on any atom is -0.508 e.